The zero-order chi connectivity index (χ0) is 26.5. The van der Waals surface area contributed by atoms with Crippen LogP contribution in [0.3, 0.4) is 0 Å². The molecule has 3 nitrogen and oxygen atoms in total. The molecule has 2 unspecified atom stereocenters. The van der Waals surface area contributed by atoms with E-state index < -0.39 is 0 Å². The Labute approximate surface area is 232 Å². The molecule has 0 spiro atoms. The van der Waals surface area contributed by atoms with Gasteiger partial charge in [-0.25, -0.2) is 9.97 Å². The monoisotopic (exact) mass is 511 g/mol. The summed E-state index contributed by atoms with van der Waals surface area (Å²) in [4.78, 5) is 15.1. The minimum absolute atomic E-state index is 0.261. The van der Waals surface area contributed by atoms with Crippen LogP contribution in [0.15, 0.2) is 134 Å². The number of hydrogen-bond donors (Lipinski definition) is 0. The second-order valence-electron chi connectivity index (χ2n) is 10.4. The van der Waals surface area contributed by atoms with Gasteiger partial charge in [0.2, 0.25) is 0 Å². The lowest BCUT2D eigenvalue weighted by Crippen LogP contribution is -2.18. The van der Waals surface area contributed by atoms with Gasteiger partial charge in [-0.2, -0.15) is 0 Å². The molecular formula is C37H25N3. The predicted octanol–water partition coefficient (Wildman–Crippen LogP) is 8.89. The number of aromatic nitrogens is 3. The first-order chi connectivity index (χ1) is 19.8. The molecule has 188 valence electrons. The molecule has 0 saturated heterocycles. The van der Waals surface area contributed by atoms with Gasteiger partial charge in [0, 0.05) is 39.9 Å². The maximum atomic E-state index is 5.29. The zero-order valence-corrected chi connectivity index (χ0v) is 21.8. The lowest BCUT2D eigenvalue weighted by molar-refractivity contribution is 0.707. The number of rotatable bonds is 3. The van der Waals surface area contributed by atoms with Crippen LogP contribution >= 0.6 is 0 Å². The summed E-state index contributed by atoms with van der Waals surface area (Å²) in [5.41, 5.74) is 10.7. The fraction of sp³-hybridized carbons (Fsp3) is 0.0541. The van der Waals surface area contributed by atoms with Crippen molar-refractivity contribution in [2.24, 2.45) is 5.92 Å². The first-order valence-electron chi connectivity index (χ1n) is 13.7. The van der Waals surface area contributed by atoms with Crippen LogP contribution in [0.2, 0.25) is 0 Å². The van der Waals surface area contributed by atoms with Crippen LogP contribution in [-0.2, 0) is 0 Å². The van der Waals surface area contributed by atoms with Gasteiger partial charge < -0.3 is 0 Å². The van der Waals surface area contributed by atoms with E-state index in [1.165, 1.54) is 16.7 Å². The van der Waals surface area contributed by atoms with Gasteiger partial charge in [0.1, 0.15) is 0 Å². The van der Waals surface area contributed by atoms with Crippen molar-refractivity contribution in [2.75, 3.05) is 0 Å². The molecule has 0 amide bonds. The molecule has 6 aromatic rings. The standard InChI is InChI=1S/C37H25N3/c1-2-8-24(9-3-1)35-23-28(20-21-38-35)33-18-16-25-14-15-26-17-19-34(40-37(26)36(25)39-33)32-22-27-10-4-5-11-29(27)30-12-6-7-13-31(30)32/h1-23,30-31H. The lowest BCUT2D eigenvalue weighted by Gasteiger charge is -2.32. The summed E-state index contributed by atoms with van der Waals surface area (Å²) >= 11 is 0. The van der Waals surface area contributed by atoms with E-state index in [0.717, 1.165) is 50.0 Å². The Balaban J connectivity index is 1.27. The molecule has 3 heteroatoms. The minimum Gasteiger partial charge on any atom is -0.256 e. The highest BCUT2D eigenvalue weighted by Gasteiger charge is 2.30. The first-order valence-corrected chi connectivity index (χ1v) is 13.7. The fourth-order valence-electron chi connectivity index (χ4n) is 6.10. The molecule has 3 heterocycles. The maximum Gasteiger partial charge on any atom is 0.0972 e. The molecule has 0 bridgehead atoms. The third-order valence-electron chi connectivity index (χ3n) is 8.10. The Hall–Kier alpha value is -5.15. The van der Waals surface area contributed by atoms with Gasteiger partial charge in [0.15, 0.2) is 0 Å². The molecule has 0 saturated carbocycles. The van der Waals surface area contributed by atoms with Crippen molar-refractivity contribution in [2.45, 2.75) is 5.92 Å². The van der Waals surface area contributed by atoms with Crippen molar-refractivity contribution in [3.63, 3.8) is 0 Å². The van der Waals surface area contributed by atoms with Crippen LogP contribution in [0.4, 0.5) is 0 Å². The van der Waals surface area contributed by atoms with Crippen LogP contribution in [0, 0.1) is 5.92 Å². The molecule has 2 aliphatic carbocycles. The zero-order valence-electron chi connectivity index (χ0n) is 21.8. The SMILES string of the molecule is C1=CC2C(c3ccc4ccc5ccc(-c6ccnc(-c7ccccc7)c6)nc5c4n3)=Cc3ccccc3C2C=C1. The molecule has 0 radical (unpaired) electrons. The summed E-state index contributed by atoms with van der Waals surface area (Å²) in [5, 5.41) is 2.17. The van der Waals surface area contributed by atoms with E-state index in [9.17, 15) is 0 Å². The van der Waals surface area contributed by atoms with Gasteiger partial charge in [0.05, 0.1) is 28.1 Å². The summed E-state index contributed by atoms with van der Waals surface area (Å²) in [7, 11) is 0. The van der Waals surface area contributed by atoms with E-state index >= 15 is 0 Å². The maximum absolute atomic E-state index is 5.29. The van der Waals surface area contributed by atoms with E-state index in [0.29, 0.717) is 5.92 Å². The largest absolute Gasteiger partial charge is 0.256 e. The van der Waals surface area contributed by atoms with Crippen LogP contribution in [0.1, 0.15) is 22.7 Å². The number of fused-ring (bicyclic) bond motifs is 6. The first kappa shape index (κ1) is 22.8. The molecule has 0 aliphatic heterocycles. The topological polar surface area (TPSA) is 38.7 Å². The van der Waals surface area contributed by atoms with Crippen LogP contribution < -0.4 is 0 Å². The summed E-state index contributed by atoms with van der Waals surface area (Å²) in [6, 6.07) is 36.0. The Morgan fingerprint density at radius 2 is 1.20 bits per heavy atom. The molecule has 3 aromatic carbocycles. The van der Waals surface area contributed by atoms with Gasteiger partial charge in [-0.15, -0.1) is 0 Å². The van der Waals surface area contributed by atoms with Crippen molar-refractivity contribution >= 4 is 33.5 Å². The summed E-state index contributed by atoms with van der Waals surface area (Å²) in [5.74, 6) is 0.581. The normalized spacial score (nSPS) is 17.4. The third kappa shape index (κ3) is 3.78. The fourth-order valence-corrected chi connectivity index (χ4v) is 6.10. The van der Waals surface area contributed by atoms with Crippen LogP contribution in [0.5, 0.6) is 0 Å². The van der Waals surface area contributed by atoms with Crippen molar-refractivity contribution in [1.29, 1.82) is 0 Å². The molecule has 0 N–H and O–H groups in total. The van der Waals surface area contributed by atoms with Crippen molar-refractivity contribution in [3.8, 4) is 22.5 Å². The molecule has 3 aromatic heterocycles. The molecule has 2 aliphatic rings. The predicted molar refractivity (Wildman–Crippen MR) is 165 cm³/mol. The highest BCUT2D eigenvalue weighted by Crippen LogP contribution is 2.45. The Kier molecular flexibility index (Phi) is 5.27. The summed E-state index contributed by atoms with van der Waals surface area (Å²) in [6.45, 7) is 0. The van der Waals surface area contributed by atoms with E-state index in [4.69, 9.17) is 9.97 Å². The molecular weight excluding hydrogens is 486 g/mol. The van der Waals surface area contributed by atoms with Gasteiger partial charge in [0.25, 0.3) is 0 Å². The number of allylic oxidation sites excluding steroid dienone is 5. The second-order valence-corrected chi connectivity index (χ2v) is 10.4. The van der Waals surface area contributed by atoms with E-state index in [2.05, 4.69) is 114 Å². The molecule has 0 fully saturated rings. The van der Waals surface area contributed by atoms with E-state index in [1.807, 2.05) is 30.5 Å². The highest BCUT2D eigenvalue weighted by atomic mass is 14.8. The Bertz CT molecular complexity index is 2020. The summed E-state index contributed by atoms with van der Waals surface area (Å²) in [6.07, 6.45) is 13.1. The van der Waals surface area contributed by atoms with Gasteiger partial charge in [-0.05, 0) is 47.0 Å². The molecule has 8 rings (SSSR count). The Morgan fingerprint density at radius 1 is 0.525 bits per heavy atom. The average Bonchev–Trinajstić information content (AvgIpc) is 3.04. The van der Waals surface area contributed by atoms with Crippen molar-refractivity contribution in [3.05, 3.63) is 150 Å². The van der Waals surface area contributed by atoms with Crippen LogP contribution in [-0.4, -0.2) is 15.0 Å². The molecule has 2 atom stereocenters. The number of benzene rings is 3. The average molecular weight is 512 g/mol. The van der Waals surface area contributed by atoms with E-state index in [1.54, 1.807) is 0 Å². The van der Waals surface area contributed by atoms with Crippen LogP contribution in [0.25, 0.3) is 56.0 Å². The molecule has 40 heavy (non-hydrogen) atoms. The summed E-state index contributed by atoms with van der Waals surface area (Å²) < 4.78 is 0. The van der Waals surface area contributed by atoms with Gasteiger partial charge in [-0.1, -0.05) is 103 Å². The minimum atomic E-state index is 0.261. The highest BCUT2D eigenvalue weighted by molar-refractivity contribution is 6.04. The Morgan fingerprint density at radius 3 is 2.02 bits per heavy atom. The van der Waals surface area contributed by atoms with E-state index in [-0.39, 0.29) is 5.92 Å². The third-order valence-corrected chi connectivity index (χ3v) is 8.10. The number of hydrogen-bond acceptors (Lipinski definition) is 3. The smallest absolute Gasteiger partial charge is 0.0972 e. The van der Waals surface area contributed by atoms with Crippen molar-refractivity contribution in [1.82, 2.24) is 15.0 Å². The number of pyridine rings is 3. The van der Waals surface area contributed by atoms with Gasteiger partial charge >= 0.3 is 0 Å². The quantitative estimate of drug-likeness (QED) is 0.223. The van der Waals surface area contributed by atoms with Crippen molar-refractivity contribution < 1.29 is 0 Å². The second kappa shape index (κ2) is 9.25. The lowest BCUT2D eigenvalue weighted by atomic mass is 9.72. The number of nitrogens with zero attached hydrogens (tertiary/aromatic N) is 3. The van der Waals surface area contributed by atoms with Gasteiger partial charge in [-0.3, -0.25) is 4.98 Å².